The molecule has 112 valence electrons. The van der Waals surface area contributed by atoms with Crippen LogP contribution in [0.3, 0.4) is 0 Å². The molecule has 1 aliphatic carbocycles. The molecule has 2 aliphatic rings. The minimum Gasteiger partial charge on any atom is -0.378 e. The van der Waals surface area contributed by atoms with Crippen LogP contribution < -0.4 is 0 Å². The topological polar surface area (TPSA) is 23.8 Å². The van der Waals surface area contributed by atoms with E-state index in [9.17, 15) is 0 Å². The van der Waals surface area contributed by atoms with Gasteiger partial charge in [0.25, 0.3) is 0 Å². The number of morpholine rings is 1. The fraction of sp³-hybridized carbons (Fsp3) is 0.316. The molecule has 0 amide bonds. The van der Waals surface area contributed by atoms with Crippen LogP contribution in [-0.4, -0.2) is 31.2 Å². The van der Waals surface area contributed by atoms with Crippen LogP contribution >= 0.6 is 0 Å². The Kier molecular flexibility index (Phi) is 3.65. The van der Waals surface area contributed by atoms with Crippen LogP contribution in [0.5, 0.6) is 0 Å². The second-order valence-corrected chi connectivity index (χ2v) is 5.73. The summed E-state index contributed by atoms with van der Waals surface area (Å²) in [5, 5.41) is 0. The Morgan fingerprint density at radius 1 is 1.00 bits per heavy atom. The Hall–Kier alpha value is -2.13. The van der Waals surface area contributed by atoms with E-state index in [0.717, 1.165) is 44.9 Å². The van der Waals surface area contributed by atoms with Crippen molar-refractivity contribution in [2.24, 2.45) is 0 Å². The number of allylic oxidation sites excluding steroid dienone is 1. The number of nitrogens with zero attached hydrogens (tertiary/aromatic N) is 1. The Morgan fingerprint density at radius 2 is 1.82 bits per heavy atom. The maximum absolute atomic E-state index is 5.83. The molecule has 0 spiro atoms. The van der Waals surface area contributed by atoms with Crippen LogP contribution in [0.4, 0.5) is 0 Å². The van der Waals surface area contributed by atoms with Crippen molar-refractivity contribution in [3.8, 4) is 11.1 Å². The third-order valence-electron chi connectivity index (χ3n) is 4.39. The monoisotopic (exact) mass is 294 g/mol. The minimum absolute atomic E-state index is 0.803. The van der Waals surface area contributed by atoms with E-state index in [2.05, 4.69) is 47.4 Å². The fourth-order valence-corrected chi connectivity index (χ4v) is 3.33. The van der Waals surface area contributed by atoms with Gasteiger partial charge in [0, 0.05) is 30.4 Å². The minimum atomic E-state index is 0.803. The van der Waals surface area contributed by atoms with Gasteiger partial charge in [-0.25, -0.2) is 4.42 Å². The van der Waals surface area contributed by atoms with E-state index in [0.29, 0.717) is 0 Å². The molecule has 3 nitrogen and oxygen atoms in total. The number of rotatable bonds is 2. The third kappa shape index (κ3) is 2.42. The van der Waals surface area contributed by atoms with Gasteiger partial charge in [-0.3, -0.25) is 0 Å². The summed E-state index contributed by atoms with van der Waals surface area (Å²) in [6, 6.07) is 12.7. The molecule has 22 heavy (non-hydrogen) atoms. The summed E-state index contributed by atoms with van der Waals surface area (Å²) >= 11 is 0. The smallest absolute Gasteiger partial charge is 0.339 e. The molecule has 0 unspecified atom stereocenters. The van der Waals surface area contributed by atoms with Gasteiger partial charge < -0.3 is 9.64 Å². The first-order chi connectivity index (χ1) is 10.9. The summed E-state index contributed by atoms with van der Waals surface area (Å²) in [6.07, 6.45) is 6.20. The predicted molar refractivity (Wildman–Crippen MR) is 87.2 cm³/mol. The van der Waals surface area contributed by atoms with E-state index in [1.165, 1.54) is 22.4 Å². The second kappa shape index (κ2) is 5.93. The Bertz CT molecular complexity index is 688. The number of ether oxygens (including phenoxy) is 1. The fourth-order valence-electron chi connectivity index (χ4n) is 3.33. The van der Waals surface area contributed by atoms with E-state index in [4.69, 9.17) is 9.15 Å². The standard InChI is InChI=1S/C19H20NO2/c1-2-5-15(6-3-1)16-9-12-22-18-8-4-7-17(19(16)18)20-10-13-21-14-11-20/h1-3,5-7,9,12H,4,8,10-11,13-14H2/q+1. The third-order valence-corrected chi connectivity index (χ3v) is 4.39. The number of hydrogen-bond acceptors (Lipinski definition) is 2. The molecular weight excluding hydrogens is 274 g/mol. The maximum Gasteiger partial charge on any atom is 0.339 e. The molecule has 2 aromatic rings. The average molecular weight is 294 g/mol. The van der Waals surface area contributed by atoms with E-state index in [1.54, 1.807) is 0 Å². The predicted octanol–water partition coefficient (Wildman–Crippen LogP) is 3.85. The molecule has 0 saturated carbocycles. The molecule has 4 rings (SSSR count). The summed E-state index contributed by atoms with van der Waals surface area (Å²) in [6.45, 7) is 3.51. The van der Waals surface area contributed by atoms with Crippen LogP contribution in [0.1, 0.15) is 17.7 Å². The van der Waals surface area contributed by atoms with Gasteiger partial charge in [0.05, 0.1) is 19.6 Å². The zero-order valence-electron chi connectivity index (χ0n) is 12.6. The van der Waals surface area contributed by atoms with E-state index in [-0.39, 0.29) is 0 Å². The first-order valence-electron chi connectivity index (χ1n) is 7.96. The molecule has 0 bridgehead atoms. The second-order valence-electron chi connectivity index (χ2n) is 5.73. The summed E-state index contributed by atoms with van der Waals surface area (Å²) in [5.74, 6) is 1.10. The van der Waals surface area contributed by atoms with Gasteiger partial charge in [0.2, 0.25) is 0 Å². The number of hydrogen-bond donors (Lipinski definition) is 0. The van der Waals surface area contributed by atoms with Crippen LogP contribution in [0.2, 0.25) is 0 Å². The Morgan fingerprint density at radius 3 is 2.64 bits per heavy atom. The highest BCUT2D eigenvalue weighted by Crippen LogP contribution is 2.37. The van der Waals surface area contributed by atoms with E-state index in [1.807, 2.05) is 6.26 Å². The summed E-state index contributed by atoms with van der Waals surface area (Å²) in [4.78, 5) is 2.43. The largest absolute Gasteiger partial charge is 0.378 e. The van der Waals surface area contributed by atoms with Crippen molar-refractivity contribution >= 4 is 5.70 Å². The van der Waals surface area contributed by atoms with Gasteiger partial charge in [-0.05, 0) is 12.0 Å². The van der Waals surface area contributed by atoms with Crippen molar-refractivity contribution in [3.63, 3.8) is 0 Å². The van der Waals surface area contributed by atoms with Crippen molar-refractivity contribution in [2.45, 2.75) is 12.8 Å². The molecule has 0 N–H and O–H groups in total. The highest BCUT2D eigenvalue weighted by atomic mass is 16.5. The molecule has 0 atom stereocenters. The molecule has 1 fully saturated rings. The lowest BCUT2D eigenvalue weighted by molar-refractivity contribution is 0.0636. The van der Waals surface area contributed by atoms with Crippen molar-refractivity contribution < 1.29 is 9.15 Å². The zero-order valence-corrected chi connectivity index (χ0v) is 12.6. The maximum atomic E-state index is 5.83. The zero-order chi connectivity index (χ0) is 14.8. The van der Waals surface area contributed by atoms with Crippen LogP contribution in [0, 0.1) is 0 Å². The van der Waals surface area contributed by atoms with Crippen molar-refractivity contribution in [2.75, 3.05) is 26.3 Å². The highest BCUT2D eigenvalue weighted by Gasteiger charge is 2.30. The van der Waals surface area contributed by atoms with Crippen molar-refractivity contribution in [1.29, 1.82) is 0 Å². The molecular formula is C19H20NO2+. The van der Waals surface area contributed by atoms with Crippen LogP contribution in [0.25, 0.3) is 16.8 Å². The first-order valence-corrected chi connectivity index (χ1v) is 7.96. The number of benzene rings is 1. The van der Waals surface area contributed by atoms with E-state index < -0.39 is 0 Å². The number of aryl methyl sites for hydroxylation is 1. The SMILES string of the molecule is C1=C(N2CCOCC2)c2c(-c3ccccc3)cc[o+]c2CC1. The van der Waals surface area contributed by atoms with Crippen molar-refractivity contribution in [3.05, 3.63) is 60.1 Å². The van der Waals surface area contributed by atoms with E-state index >= 15 is 0 Å². The summed E-state index contributed by atoms with van der Waals surface area (Å²) in [7, 11) is 0. The van der Waals surface area contributed by atoms with Crippen molar-refractivity contribution in [1.82, 2.24) is 4.90 Å². The van der Waals surface area contributed by atoms with Crippen LogP contribution in [0.15, 0.2) is 53.2 Å². The lowest BCUT2D eigenvalue weighted by atomic mass is 9.91. The first kappa shape index (κ1) is 13.5. The number of fused-ring (bicyclic) bond motifs is 1. The molecule has 1 aromatic carbocycles. The van der Waals surface area contributed by atoms with Crippen LogP contribution in [-0.2, 0) is 11.2 Å². The lowest BCUT2D eigenvalue weighted by Crippen LogP contribution is -2.35. The average Bonchev–Trinajstić information content (AvgIpc) is 2.62. The Labute approximate surface area is 130 Å². The Balaban J connectivity index is 1.82. The highest BCUT2D eigenvalue weighted by molar-refractivity contribution is 5.82. The van der Waals surface area contributed by atoms with Gasteiger partial charge in [0.1, 0.15) is 5.56 Å². The normalized spacial score (nSPS) is 17.8. The van der Waals surface area contributed by atoms with Gasteiger partial charge in [-0.1, -0.05) is 36.4 Å². The quantitative estimate of drug-likeness (QED) is 0.786. The van der Waals surface area contributed by atoms with Gasteiger partial charge >= 0.3 is 12.0 Å². The molecule has 1 aliphatic heterocycles. The van der Waals surface area contributed by atoms with Gasteiger partial charge in [-0.15, -0.1) is 0 Å². The lowest BCUT2D eigenvalue weighted by Gasteiger charge is -2.32. The molecule has 0 radical (unpaired) electrons. The summed E-state index contributed by atoms with van der Waals surface area (Å²) in [5.41, 5.74) is 5.09. The molecule has 2 heterocycles. The van der Waals surface area contributed by atoms with Gasteiger partial charge in [0.15, 0.2) is 0 Å². The molecule has 3 heteroatoms. The van der Waals surface area contributed by atoms with Gasteiger partial charge in [-0.2, -0.15) is 0 Å². The summed E-state index contributed by atoms with van der Waals surface area (Å²) < 4.78 is 11.3. The molecule has 1 aromatic heterocycles. The molecule has 1 saturated heterocycles.